The maximum Gasteiger partial charge on any atom is 0.405 e. The zero-order chi connectivity index (χ0) is 19.4. The average Bonchev–Trinajstić information content (AvgIpc) is 2.65. The van der Waals surface area contributed by atoms with Gasteiger partial charge in [-0.3, -0.25) is 14.5 Å². The lowest BCUT2D eigenvalue weighted by molar-refractivity contribution is -0.144. The van der Waals surface area contributed by atoms with Gasteiger partial charge in [0.25, 0.3) is 5.91 Å². The van der Waals surface area contributed by atoms with Crippen LogP contribution in [0.25, 0.3) is 0 Å². The molecule has 0 bridgehead atoms. The first-order valence-corrected chi connectivity index (χ1v) is 8.55. The molecule has 0 saturated carbocycles. The van der Waals surface area contributed by atoms with Gasteiger partial charge in [-0.1, -0.05) is 12.1 Å². The van der Waals surface area contributed by atoms with Crippen LogP contribution in [0.1, 0.15) is 0 Å². The topological polar surface area (TPSA) is 71.1 Å². The van der Waals surface area contributed by atoms with Crippen LogP contribution in [0.4, 0.5) is 13.2 Å². The van der Waals surface area contributed by atoms with E-state index in [0.717, 1.165) is 0 Å². The average molecular weight is 387 g/mol. The first-order chi connectivity index (χ1) is 12.8. The number of amides is 2. The van der Waals surface area contributed by atoms with E-state index < -0.39 is 24.7 Å². The van der Waals surface area contributed by atoms with Gasteiger partial charge in [-0.15, -0.1) is 0 Å². The first-order valence-electron chi connectivity index (χ1n) is 8.55. The second-order valence-electron chi connectivity index (χ2n) is 6.36. The molecule has 7 nitrogen and oxygen atoms in total. The lowest BCUT2D eigenvalue weighted by atomic mass is 10.2. The standard InChI is InChI=1S/C17H20F3N3O4/c18-17(19,20)11-21-15(24)9-22-5-7-23(8-6-22)16(25)14-10-26-12-3-1-2-4-13(12)27-14/h1-4,14H,5-11H2,(H,21,24)/t14-/m0/s1. The van der Waals surface area contributed by atoms with Crippen molar-refractivity contribution in [1.82, 2.24) is 15.1 Å². The number of carbonyl (C=O) groups is 2. The molecular weight excluding hydrogens is 367 g/mol. The van der Waals surface area contributed by atoms with Crippen molar-refractivity contribution in [2.24, 2.45) is 0 Å². The van der Waals surface area contributed by atoms with E-state index >= 15 is 0 Å². The van der Waals surface area contributed by atoms with Crippen LogP contribution in [0.15, 0.2) is 24.3 Å². The van der Waals surface area contributed by atoms with Gasteiger partial charge in [0, 0.05) is 26.2 Å². The molecule has 0 radical (unpaired) electrons. The molecule has 10 heteroatoms. The van der Waals surface area contributed by atoms with Crippen molar-refractivity contribution >= 4 is 11.8 Å². The number of hydrogen-bond donors (Lipinski definition) is 1. The predicted molar refractivity (Wildman–Crippen MR) is 88.4 cm³/mol. The predicted octanol–water partition coefficient (Wildman–Crippen LogP) is 0.649. The number of benzene rings is 1. The number of piperazine rings is 1. The Hall–Kier alpha value is -2.49. The number of ether oxygens (including phenoxy) is 2. The highest BCUT2D eigenvalue weighted by Gasteiger charge is 2.33. The molecule has 1 saturated heterocycles. The van der Waals surface area contributed by atoms with Gasteiger partial charge in [0.1, 0.15) is 13.2 Å². The summed E-state index contributed by atoms with van der Waals surface area (Å²) in [5.41, 5.74) is 0. The number of hydrogen-bond acceptors (Lipinski definition) is 5. The normalized spacial score (nSPS) is 20.3. The Morgan fingerprint density at radius 3 is 2.44 bits per heavy atom. The molecule has 1 aromatic carbocycles. The number of alkyl halides is 3. The van der Waals surface area contributed by atoms with Crippen molar-refractivity contribution in [1.29, 1.82) is 0 Å². The summed E-state index contributed by atoms with van der Waals surface area (Å²) in [4.78, 5) is 27.5. The highest BCUT2D eigenvalue weighted by atomic mass is 19.4. The second-order valence-corrected chi connectivity index (χ2v) is 6.36. The number of carbonyl (C=O) groups excluding carboxylic acids is 2. The zero-order valence-corrected chi connectivity index (χ0v) is 14.5. The summed E-state index contributed by atoms with van der Waals surface area (Å²) >= 11 is 0. The van der Waals surface area contributed by atoms with Gasteiger partial charge in [-0.25, -0.2) is 0 Å². The van der Waals surface area contributed by atoms with Gasteiger partial charge in [0.15, 0.2) is 11.5 Å². The molecule has 2 amide bonds. The minimum absolute atomic E-state index is 0.121. The van der Waals surface area contributed by atoms with Gasteiger partial charge in [-0.05, 0) is 12.1 Å². The summed E-state index contributed by atoms with van der Waals surface area (Å²) in [5, 5.41) is 1.84. The molecule has 0 spiro atoms. The second kappa shape index (κ2) is 8.03. The summed E-state index contributed by atoms with van der Waals surface area (Å²) < 4.78 is 47.6. The van der Waals surface area contributed by atoms with Crippen LogP contribution in [0.5, 0.6) is 11.5 Å². The van der Waals surface area contributed by atoms with Crippen molar-refractivity contribution in [3.05, 3.63) is 24.3 Å². The van der Waals surface area contributed by atoms with E-state index in [0.29, 0.717) is 37.7 Å². The monoisotopic (exact) mass is 387 g/mol. The number of halogens is 3. The van der Waals surface area contributed by atoms with Crippen molar-refractivity contribution in [2.45, 2.75) is 12.3 Å². The molecule has 27 heavy (non-hydrogen) atoms. The number of para-hydroxylation sites is 2. The number of nitrogens with zero attached hydrogens (tertiary/aromatic N) is 2. The Morgan fingerprint density at radius 2 is 1.78 bits per heavy atom. The molecule has 0 unspecified atom stereocenters. The summed E-state index contributed by atoms with van der Waals surface area (Å²) in [6.07, 6.45) is -5.16. The Labute approximate surface area is 154 Å². The van der Waals surface area contributed by atoms with Crippen molar-refractivity contribution in [3.63, 3.8) is 0 Å². The minimum atomic E-state index is -4.43. The van der Waals surface area contributed by atoms with Gasteiger partial charge >= 0.3 is 6.18 Å². The zero-order valence-electron chi connectivity index (χ0n) is 14.5. The van der Waals surface area contributed by atoms with Crippen molar-refractivity contribution < 1.29 is 32.2 Å². The van der Waals surface area contributed by atoms with Gasteiger partial charge in [-0.2, -0.15) is 13.2 Å². The number of fused-ring (bicyclic) bond motifs is 1. The fourth-order valence-electron chi connectivity index (χ4n) is 2.93. The maximum atomic E-state index is 12.6. The van der Waals surface area contributed by atoms with Crippen molar-refractivity contribution in [2.75, 3.05) is 45.9 Å². The Bertz CT molecular complexity index is 690. The summed E-state index contributed by atoms with van der Waals surface area (Å²) in [6, 6.07) is 7.09. The summed E-state index contributed by atoms with van der Waals surface area (Å²) in [5.74, 6) is 0.219. The van der Waals surface area contributed by atoms with E-state index in [4.69, 9.17) is 9.47 Å². The molecule has 3 rings (SSSR count). The lowest BCUT2D eigenvalue weighted by Crippen LogP contribution is -2.55. The highest BCUT2D eigenvalue weighted by molar-refractivity contribution is 5.82. The highest BCUT2D eigenvalue weighted by Crippen LogP contribution is 2.31. The largest absolute Gasteiger partial charge is 0.485 e. The van der Waals surface area contributed by atoms with Crippen LogP contribution >= 0.6 is 0 Å². The molecule has 1 fully saturated rings. The molecule has 1 aromatic rings. The van der Waals surface area contributed by atoms with E-state index in [-0.39, 0.29) is 19.1 Å². The Balaban J connectivity index is 1.44. The van der Waals surface area contributed by atoms with Gasteiger partial charge < -0.3 is 19.7 Å². The SMILES string of the molecule is O=C(CN1CCN(C(=O)[C@@H]2COc3ccccc3O2)CC1)NCC(F)(F)F. The van der Waals surface area contributed by atoms with Crippen LogP contribution in [0.2, 0.25) is 0 Å². The van der Waals surface area contributed by atoms with Gasteiger partial charge in [0.05, 0.1) is 6.54 Å². The summed E-state index contributed by atoms with van der Waals surface area (Å²) in [7, 11) is 0. The molecule has 2 aliphatic heterocycles. The van der Waals surface area contributed by atoms with Crippen LogP contribution < -0.4 is 14.8 Å². The molecule has 1 atom stereocenters. The Morgan fingerprint density at radius 1 is 1.11 bits per heavy atom. The third-order valence-electron chi connectivity index (χ3n) is 4.32. The van der Waals surface area contributed by atoms with Crippen LogP contribution in [-0.2, 0) is 9.59 Å². The molecule has 1 N–H and O–H groups in total. The fraction of sp³-hybridized carbons (Fsp3) is 0.529. The van der Waals surface area contributed by atoms with E-state index in [9.17, 15) is 22.8 Å². The minimum Gasteiger partial charge on any atom is -0.485 e. The first kappa shape index (κ1) is 19.3. The molecular formula is C17H20F3N3O4. The summed E-state index contributed by atoms with van der Waals surface area (Å²) in [6.45, 7) is 0.180. The third-order valence-corrected chi connectivity index (χ3v) is 4.32. The van der Waals surface area contributed by atoms with Crippen LogP contribution in [0.3, 0.4) is 0 Å². The molecule has 2 aliphatic rings. The van der Waals surface area contributed by atoms with E-state index in [1.807, 2.05) is 11.4 Å². The van der Waals surface area contributed by atoms with Crippen LogP contribution in [-0.4, -0.2) is 79.8 Å². The van der Waals surface area contributed by atoms with Gasteiger partial charge in [0.2, 0.25) is 12.0 Å². The van der Waals surface area contributed by atoms with Crippen molar-refractivity contribution in [3.8, 4) is 11.5 Å². The lowest BCUT2D eigenvalue weighted by Gasteiger charge is -2.36. The molecule has 148 valence electrons. The third kappa shape index (κ3) is 5.25. The van der Waals surface area contributed by atoms with Crippen LogP contribution in [0, 0.1) is 0 Å². The maximum absolute atomic E-state index is 12.6. The molecule has 0 aromatic heterocycles. The smallest absolute Gasteiger partial charge is 0.405 e. The quantitative estimate of drug-likeness (QED) is 0.822. The molecule has 0 aliphatic carbocycles. The van der Waals surface area contributed by atoms with E-state index in [1.54, 1.807) is 28.0 Å². The fourth-order valence-corrected chi connectivity index (χ4v) is 2.93. The number of nitrogens with one attached hydrogen (secondary N) is 1. The Kier molecular flexibility index (Phi) is 5.73. The van der Waals surface area contributed by atoms with E-state index in [2.05, 4.69) is 0 Å². The van der Waals surface area contributed by atoms with E-state index in [1.165, 1.54) is 0 Å². The number of rotatable bonds is 4. The molecule has 2 heterocycles.